The Morgan fingerprint density at radius 3 is 2.62 bits per heavy atom. The summed E-state index contributed by atoms with van der Waals surface area (Å²) in [5, 5.41) is 14.9. The molecule has 2 aromatic carbocycles. The van der Waals surface area contributed by atoms with E-state index in [9.17, 15) is 14.9 Å². The van der Waals surface area contributed by atoms with Crippen molar-refractivity contribution in [3.05, 3.63) is 68.7 Å². The second-order valence-electron chi connectivity index (χ2n) is 5.89. The zero-order chi connectivity index (χ0) is 19.1. The molecular formula is C18H18ClN3O4. The van der Waals surface area contributed by atoms with Crippen LogP contribution in [0.25, 0.3) is 0 Å². The molecule has 2 rings (SSSR count). The lowest BCUT2D eigenvalue weighted by atomic mass is 10.2. The van der Waals surface area contributed by atoms with Crippen LogP contribution in [0.2, 0.25) is 5.02 Å². The van der Waals surface area contributed by atoms with Crippen molar-refractivity contribution in [3.63, 3.8) is 0 Å². The summed E-state index contributed by atoms with van der Waals surface area (Å²) in [6, 6.07) is 10.6. The summed E-state index contributed by atoms with van der Waals surface area (Å²) >= 11 is 5.96. The largest absolute Gasteiger partial charge is 0.493 e. The van der Waals surface area contributed by atoms with Gasteiger partial charge in [-0.1, -0.05) is 25.4 Å². The first-order valence-corrected chi connectivity index (χ1v) is 8.25. The Bertz CT molecular complexity index is 820. The minimum absolute atomic E-state index is 0.112. The molecule has 0 saturated heterocycles. The van der Waals surface area contributed by atoms with Crippen LogP contribution >= 0.6 is 11.6 Å². The van der Waals surface area contributed by atoms with E-state index in [0.717, 1.165) is 0 Å². The average Bonchev–Trinajstić information content (AvgIpc) is 2.61. The minimum Gasteiger partial charge on any atom is -0.493 e. The molecule has 0 atom stereocenters. The maximum Gasteiger partial charge on any atom is 0.271 e. The van der Waals surface area contributed by atoms with Gasteiger partial charge in [0, 0.05) is 28.3 Å². The van der Waals surface area contributed by atoms with Gasteiger partial charge < -0.3 is 4.74 Å². The molecular weight excluding hydrogens is 358 g/mol. The third-order valence-corrected chi connectivity index (χ3v) is 3.60. The van der Waals surface area contributed by atoms with Gasteiger partial charge in [-0.25, -0.2) is 5.43 Å². The van der Waals surface area contributed by atoms with Crippen LogP contribution < -0.4 is 10.2 Å². The lowest BCUT2D eigenvalue weighted by Crippen LogP contribution is -2.17. The standard InChI is InChI=1S/C18H18ClN3O4/c1-12(2)11-26-16-6-3-13(4-7-16)18(23)21-20-10-14-9-15(22(24)25)5-8-17(14)19/h3-10,12H,11H2,1-2H3,(H,21,23)/b20-10+. The number of nitrogens with zero attached hydrogens (tertiary/aromatic N) is 2. The molecule has 136 valence electrons. The lowest BCUT2D eigenvalue weighted by molar-refractivity contribution is -0.384. The van der Waals surface area contributed by atoms with Gasteiger partial charge in [0.1, 0.15) is 5.75 Å². The number of hydrogen-bond donors (Lipinski definition) is 1. The third kappa shape index (κ3) is 5.56. The molecule has 0 spiro atoms. The number of ether oxygens (including phenoxy) is 1. The first kappa shape index (κ1) is 19.4. The molecule has 0 aliphatic rings. The van der Waals surface area contributed by atoms with E-state index in [1.807, 2.05) is 13.8 Å². The van der Waals surface area contributed by atoms with Crippen LogP contribution in [0.4, 0.5) is 5.69 Å². The Morgan fingerprint density at radius 1 is 1.31 bits per heavy atom. The van der Waals surface area contributed by atoms with Gasteiger partial charge in [-0.2, -0.15) is 5.10 Å². The van der Waals surface area contributed by atoms with Crippen molar-refractivity contribution in [1.82, 2.24) is 5.43 Å². The maximum absolute atomic E-state index is 12.1. The molecule has 0 radical (unpaired) electrons. The van der Waals surface area contributed by atoms with Crippen molar-refractivity contribution in [2.75, 3.05) is 6.61 Å². The van der Waals surface area contributed by atoms with E-state index in [4.69, 9.17) is 16.3 Å². The highest BCUT2D eigenvalue weighted by Gasteiger charge is 2.09. The zero-order valence-electron chi connectivity index (χ0n) is 14.3. The SMILES string of the molecule is CC(C)COc1ccc(C(=O)N/N=C/c2cc([N+](=O)[O-])ccc2Cl)cc1. The quantitative estimate of drug-likeness (QED) is 0.448. The van der Waals surface area contributed by atoms with Gasteiger partial charge in [0.05, 0.1) is 17.7 Å². The summed E-state index contributed by atoms with van der Waals surface area (Å²) < 4.78 is 5.55. The molecule has 1 N–H and O–H groups in total. The van der Waals surface area contributed by atoms with Gasteiger partial charge in [-0.3, -0.25) is 14.9 Å². The summed E-state index contributed by atoms with van der Waals surface area (Å²) in [7, 11) is 0. The third-order valence-electron chi connectivity index (χ3n) is 3.26. The number of carbonyl (C=O) groups excluding carboxylic acids is 1. The van der Waals surface area contributed by atoms with Crippen LogP contribution in [0.15, 0.2) is 47.6 Å². The molecule has 0 unspecified atom stereocenters. The number of hydrogen-bond acceptors (Lipinski definition) is 5. The monoisotopic (exact) mass is 375 g/mol. The number of hydrazone groups is 1. The number of benzene rings is 2. The van der Waals surface area contributed by atoms with Gasteiger partial charge in [0.2, 0.25) is 0 Å². The van der Waals surface area contributed by atoms with Crippen molar-refractivity contribution in [2.45, 2.75) is 13.8 Å². The Morgan fingerprint density at radius 2 is 2.00 bits per heavy atom. The second-order valence-corrected chi connectivity index (χ2v) is 6.30. The Kier molecular flexibility index (Phi) is 6.68. The molecule has 2 aromatic rings. The van der Waals surface area contributed by atoms with Crippen LogP contribution in [-0.2, 0) is 0 Å². The fraction of sp³-hybridized carbons (Fsp3) is 0.222. The van der Waals surface area contributed by atoms with Crippen LogP contribution in [-0.4, -0.2) is 23.7 Å². The molecule has 0 aliphatic carbocycles. The van der Waals surface area contributed by atoms with Crippen molar-refractivity contribution < 1.29 is 14.5 Å². The first-order valence-electron chi connectivity index (χ1n) is 7.87. The second kappa shape index (κ2) is 8.96. The molecule has 0 saturated carbocycles. The summed E-state index contributed by atoms with van der Waals surface area (Å²) in [5.41, 5.74) is 2.98. The van der Waals surface area contributed by atoms with Gasteiger partial charge in [-0.15, -0.1) is 0 Å². The number of nitrogens with one attached hydrogen (secondary N) is 1. The number of halogens is 1. The number of amides is 1. The molecule has 26 heavy (non-hydrogen) atoms. The maximum atomic E-state index is 12.1. The van der Waals surface area contributed by atoms with E-state index >= 15 is 0 Å². The molecule has 8 heteroatoms. The smallest absolute Gasteiger partial charge is 0.271 e. The van der Waals surface area contributed by atoms with Crippen LogP contribution in [0, 0.1) is 16.0 Å². The fourth-order valence-corrected chi connectivity index (χ4v) is 2.10. The Balaban J connectivity index is 1.99. The minimum atomic E-state index is -0.533. The molecule has 7 nitrogen and oxygen atoms in total. The van der Waals surface area contributed by atoms with E-state index < -0.39 is 10.8 Å². The number of carbonyl (C=O) groups is 1. The highest BCUT2D eigenvalue weighted by Crippen LogP contribution is 2.20. The van der Waals surface area contributed by atoms with E-state index in [0.29, 0.717) is 34.4 Å². The van der Waals surface area contributed by atoms with Crippen LogP contribution in [0.3, 0.4) is 0 Å². The summed E-state index contributed by atoms with van der Waals surface area (Å²) in [6.07, 6.45) is 1.26. The topological polar surface area (TPSA) is 93.8 Å². The highest BCUT2D eigenvalue weighted by molar-refractivity contribution is 6.33. The average molecular weight is 376 g/mol. The van der Waals surface area contributed by atoms with E-state index in [2.05, 4.69) is 10.5 Å². The number of nitro benzene ring substituents is 1. The summed E-state index contributed by atoms with van der Waals surface area (Å²) in [4.78, 5) is 22.3. The molecule has 0 bridgehead atoms. The molecule has 0 aliphatic heterocycles. The predicted molar refractivity (Wildman–Crippen MR) is 99.9 cm³/mol. The molecule has 0 fully saturated rings. The normalized spacial score (nSPS) is 10.9. The fourth-order valence-electron chi connectivity index (χ4n) is 1.93. The highest BCUT2D eigenvalue weighted by atomic mass is 35.5. The van der Waals surface area contributed by atoms with Crippen LogP contribution in [0.5, 0.6) is 5.75 Å². The van der Waals surface area contributed by atoms with Gasteiger partial charge in [0.15, 0.2) is 0 Å². The Hall–Kier alpha value is -2.93. The van der Waals surface area contributed by atoms with Crippen molar-refractivity contribution >= 4 is 29.4 Å². The van der Waals surface area contributed by atoms with Crippen molar-refractivity contribution in [1.29, 1.82) is 0 Å². The van der Waals surface area contributed by atoms with Crippen molar-refractivity contribution in [2.24, 2.45) is 11.0 Å². The van der Waals surface area contributed by atoms with E-state index in [1.54, 1.807) is 24.3 Å². The molecule has 0 aromatic heterocycles. The lowest BCUT2D eigenvalue weighted by Gasteiger charge is -2.08. The summed E-state index contributed by atoms with van der Waals surface area (Å²) in [6.45, 7) is 4.70. The number of rotatable bonds is 7. The zero-order valence-corrected chi connectivity index (χ0v) is 15.1. The first-order chi connectivity index (χ1) is 12.4. The number of non-ortho nitro benzene ring substituents is 1. The van der Waals surface area contributed by atoms with E-state index in [-0.39, 0.29) is 5.69 Å². The Labute approximate surface area is 155 Å². The van der Waals surface area contributed by atoms with Gasteiger partial charge >= 0.3 is 0 Å². The van der Waals surface area contributed by atoms with E-state index in [1.165, 1.54) is 24.4 Å². The van der Waals surface area contributed by atoms with Gasteiger partial charge in [-0.05, 0) is 36.2 Å². The van der Waals surface area contributed by atoms with Gasteiger partial charge in [0.25, 0.3) is 11.6 Å². The summed E-state index contributed by atoms with van der Waals surface area (Å²) in [5.74, 6) is 0.674. The van der Waals surface area contributed by atoms with Crippen molar-refractivity contribution in [3.8, 4) is 5.75 Å². The van der Waals surface area contributed by atoms with Crippen LogP contribution in [0.1, 0.15) is 29.8 Å². The molecule has 0 heterocycles. The molecule has 1 amide bonds. The predicted octanol–water partition coefficient (Wildman–Crippen LogP) is 4.05. The number of nitro groups is 1.